The molecule has 106 valence electrons. The highest BCUT2D eigenvalue weighted by atomic mass is 79.9. The lowest BCUT2D eigenvalue weighted by molar-refractivity contribution is 0.525. The molecule has 0 unspecified atom stereocenters. The molecule has 0 radical (unpaired) electrons. The zero-order chi connectivity index (χ0) is 14.7. The van der Waals surface area contributed by atoms with Crippen LogP contribution in [0.15, 0.2) is 69.6 Å². The Morgan fingerprint density at radius 1 is 0.952 bits per heavy atom. The van der Waals surface area contributed by atoms with E-state index in [0.717, 1.165) is 15.9 Å². The molecule has 0 fully saturated rings. The molecule has 4 heteroatoms. The van der Waals surface area contributed by atoms with Crippen molar-refractivity contribution in [3.8, 4) is 11.3 Å². The molecule has 3 rings (SSSR count). The Labute approximate surface area is 130 Å². The van der Waals surface area contributed by atoms with Gasteiger partial charge in [0.1, 0.15) is 17.3 Å². The van der Waals surface area contributed by atoms with Crippen molar-refractivity contribution in [1.82, 2.24) is 0 Å². The van der Waals surface area contributed by atoms with Crippen LogP contribution in [0, 0.1) is 5.82 Å². The number of rotatable bonds is 4. The second-order valence-electron chi connectivity index (χ2n) is 4.61. The van der Waals surface area contributed by atoms with Gasteiger partial charge in [0.05, 0.1) is 12.1 Å². The third-order valence-corrected chi connectivity index (χ3v) is 3.64. The topological polar surface area (TPSA) is 25.2 Å². The van der Waals surface area contributed by atoms with Crippen LogP contribution in [0.3, 0.4) is 0 Å². The SMILES string of the molecule is Fc1ccccc1-c1ccc(CNc2ccc(Br)cc2)o1. The lowest BCUT2D eigenvalue weighted by atomic mass is 10.1. The van der Waals surface area contributed by atoms with Crippen molar-refractivity contribution in [2.24, 2.45) is 0 Å². The summed E-state index contributed by atoms with van der Waals surface area (Å²) in [4.78, 5) is 0. The van der Waals surface area contributed by atoms with Gasteiger partial charge < -0.3 is 9.73 Å². The van der Waals surface area contributed by atoms with E-state index in [0.29, 0.717) is 17.9 Å². The molecule has 0 aliphatic rings. The van der Waals surface area contributed by atoms with Gasteiger partial charge in [-0.1, -0.05) is 28.1 Å². The molecule has 0 atom stereocenters. The van der Waals surface area contributed by atoms with Crippen molar-refractivity contribution in [3.05, 3.63) is 76.7 Å². The van der Waals surface area contributed by atoms with Crippen LogP contribution >= 0.6 is 15.9 Å². The number of furan rings is 1. The van der Waals surface area contributed by atoms with Crippen LogP contribution in [0.5, 0.6) is 0 Å². The number of benzene rings is 2. The number of hydrogen-bond acceptors (Lipinski definition) is 2. The van der Waals surface area contributed by atoms with E-state index in [4.69, 9.17) is 4.42 Å². The lowest BCUT2D eigenvalue weighted by Crippen LogP contribution is -1.97. The van der Waals surface area contributed by atoms with Gasteiger partial charge in [0.15, 0.2) is 0 Å². The van der Waals surface area contributed by atoms with Gasteiger partial charge in [-0.3, -0.25) is 0 Å². The summed E-state index contributed by atoms with van der Waals surface area (Å²) >= 11 is 3.40. The molecular weight excluding hydrogens is 333 g/mol. The lowest BCUT2D eigenvalue weighted by Gasteiger charge is -2.04. The average molecular weight is 346 g/mol. The molecule has 0 bridgehead atoms. The Balaban J connectivity index is 1.71. The van der Waals surface area contributed by atoms with Crippen LogP contribution in [0.1, 0.15) is 5.76 Å². The first kappa shape index (κ1) is 13.9. The second kappa shape index (κ2) is 6.14. The molecule has 0 amide bonds. The van der Waals surface area contributed by atoms with Crippen LogP contribution in [0.25, 0.3) is 11.3 Å². The van der Waals surface area contributed by atoms with Crippen molar-refractivity contribution in [2.75, 3.05) is 5.32 Å². The molecule has 0 saturated heterocycles. The Morgan fingerprint density at radius 3 is 2.48 bits per heavy atom. The van der Waals surface area contributed by atoms with Crippen LogP contribution in [-0.4, -0.2) is 0 Å². The van der Waals surface area contributed by atoms with Crippen LogP contribution in [-0.2, 0) is 6.54 Å². The first-order chi connectivity index (χ1) is 10.2. The number of anilines is 1. The van der Waals surface area contributed by atoms with Crippen LogP contribution in [0.4, 0.5) is 10.1 Å². The third-order valence-electron chi connectivity index (χ3n) is 3.11. The average Bonchev–Trinajstić information content (AvgIpc) is 2.96. The molecular formula is C17H13BrFNO. The molecule has 0 aliphatic carbocycles. The number of hydrogen-bond donors (Lipinski definition) is 1. The summed E-state index contributed by atoms with van der Waals surface area (Å²) < 4.78 is 20.4. The van der Waals surface area contributed by atoms with Crippen molar-refractivity contribution >= 4 is 21.6 Å². The van der Waals surface area contributed by atoms with Gasteiger partial charge in [0.2, 0.25) is 0 Å². The fraction of sp³-hybridized carbons (Fsp3) is 0.0588. The summed E-state index contributed by atoms with van der Waals surface area (Å²) in [6, 6.07) is 18.1. The van der Waals surface area contributed by atoms with Crippen molar-refractivity contribution < 1.29 is 8.81 Å². The van der Waals surface area contributed by atoms with E-state index < -0.39 is 0 Å². The van der Waals surface area contributed by atoms with E-state index in [1.807, 2.05) is 30.3 Å². The molecule has 3 aromatic rings. The third kappa shape index (κ3) is 3.34. The Morgan fingerprint density at radius 2 is 1.71 bits per heavy atom. The predicted octanol–water partition coefficient (Wildman–Crippen LogP) is 5.46. The summed E-state index contributed by atoms with van der Waals surface area (Å²) in [6.45, 7) is 0.552. The maximum Gasteiger partial charge on any atom is 0.137 e. The second-order valence-corrected chi connectivity index (χ2v) is 5.52. The molecule has 0 aliphatic heterocycles. The molecule has 1 aromatic heterocycles. The zero-order valence-corrected chi connectivity index (χ0v) is 12.7. The minimum Gasteiger partial charge on any atom is -0.459 e. The monoisotopic (exact) mass is 345 g/mol. The normalized spacial score (nSPS) is 10.6. The fourth-order valence-electron chi connectivity index (χ4n) is 2.04. The van der Waals surface area contributed by atoms with Gasteiger partial charge in [-0.25, -0.2) is 4.39 Å². The highest BCUT2D eigenvalue weighted by molar-refractivity contribution is 9.10. The van der Waals surface area contributed by atoms with Crippen LogP contribution in [0.2, 0.25) is 0 Å². The van der Waals surface area contributed by atoms with Gasteiger partial charge in [-0.2, -0.15) is 0 Å². The van der Waals surface area contributed by atoms with Gasteiger partial charge in [0.25, 0.3) is 0 Å². The van der Waals surface area contributed by atoms with E-state index in [-0.39, 0.29) is 5.82 Å². The predicted molar refractivity (Wildman–Crippen MR) is 85.6 cm³/mol. The Bertz CT molecular complexity index is 737. The largest absolute Gasteiger partial charge is 0.459 e. The van der Waals surface area contributed by atoms with Gasteiger partial charge in [-0.15, -0.1) is 0 Å². The van der Waals surface area contributed by atoms with Crippen molar-refractivity contribution in [2.45, 2.75) is 6.54 Å². The smallest absolute Gasteiger partial charge is 0.137 e. The maximum atomic E-state index is 13.7. The summed E-state index contributed by atoms with van der Waals surface area (Å²) in [6.07, 6.45) is 0. The molecule has 0 saturated carbocycles. The van der Waals surface area contributed by atoms with Crippen molar-refractivity contribution in [3.63, 3.8) is 0 Å². The maximum absolute atomic E-state index is 13.7. The molecule has 2 nitrogen and oxygen atoms in total. The van der Waals surface area contributed by atoms with E-state index in [2.05, 4.69) is 21.2 Å². The van der Waals surface area contributed by atoms with Crippen LogP contribution < -0.4 is 5.32 Å². The zero-order valence-electron chi connectivity index (χ0n) is 11.1. The van der Waals surface area contributed by atoms with Crippen molar-refractivity contribution in [1.29, 1.82) is 0 Å². The van der Waals surface area contributed by atoms with Gasteiger partial charge in [0, 0.05) is 10.2 Å². The highest BCUT2D eigenvalue weighted by Crippen LogP contribution is 2.25. The summed E-state index contributed by atoms with van der Waals surface area (Å²) in [5, 5.41) is 3.26. The number of nitrogens with one attached hydrogen (secondary N) is 1. The van der Waals surface area contributed by atoms with E-state index in [1.165, 1.54) is 6.07 Å². The quantitative estimate of drug-likeness (QED) is 0.679. The van der Waals surface area contributed by atoms with E-state index in [1.54, 1.807) is 24.3 Å². The number of halogens is 2. The minimum absolute atomic E-state index is 0.278. The Hall–Kier alpha value is -2.07. The minimum atomic E-state index is -0.278. The summed E-state index contributed by atoms with van der Waals surface area (Å²) in [5.41, 5.74) is 1.48. The first-order valence-electron chi connectivity index (χ1n) is 6.55. The first-order valence-corrected chi connectivity index (χ1v) is 7.35. The summed E-state index contributed by atoms with van der Waals surface area (Å²) in [7, 11) is 0. The molecule has 1 N–H and O–H groups in total. The summed E-state index contributed by atoms with van der Waals surface area (Å²) in [5.74, 6) is 1.02. The standard InChI is InChI=1S/C17H13BrFNO/c18-12-5-7-13(8-6-12)20-11-14-9-10-17(21-14)15-3-1-2-4-16(15)19/h1-10,20H,11H2. The molecule has 21 heavy (non-hydrogen) atoms. The molecule has 1 heterocycles. The van der Waals surface area contributed by atoms with E-state index >= 15 is 0 Å². The van der Waals surface area contributed by atoms with Gasteiger partial charge in [-0.05, 0) is 48.5 Å². The molecule has 0 spiro atoms. The highest BCUT2D eigenvalue weighted by Gasteiger charge is 2.08. The van der Waals surface area contributed by atoms with Gasteiger partial charge >= 0.3 is 0 Å². The molecule has 2 aromatic carbocycles. The Kier molecular flexibility index (Phi) is 4.06. The fourth-order valence-corrected chi connectivity index (χ4v) is 2.30. The van der Waals surface area contributed by atoms with E-state index in [9.17, 15) is 4.39 Å².